The van der Waals surface area contributed by atoms with E-state index in [9.17, 15) is 4.39 Å². The first kappa shape index (κ1) is 14.4. The molecular weight excluding hydrogens is 257 g/mol. The summed E-state index contributed by atoms with van der Waals surface area (Å²) in [5.74, 6) is 0.130. The summed E-state index contributed by atoms with van der Waals surface area (Å²) in [6, 6.07) is 6.53. The van der Waals surface area contributed by atoms with Gasteiger partial charge in [-0.25, -0.2) is 9.37 Å². The van der Waals surface area contributed by atoms with E-state index in [1.165, 1.54) is 12.3 Å². The van der Waals surface area contributed by atoms with E-state index in [0.717, 1.165) is 18.7 Å². The van der Waals surface area contributed by atoms with E-state index in [1.807, 2.05) is 0 Å². The van der Waals surface area contributed by atoms with Crippen LogP contribution in [0.5, 0.6) is 5.88 Å². The molecule has 1 heterocycles. The number of hydrogen-bond acceptors (Lipinski definition) is 4. The molecule has 0 fully saturated rings. The van der Waals surface area contributed by atoms with Crippen LogP contribution in [0.4, 0.5) is 4.39 Å². The summed E-state index contributed by atoms with van der Waals surface area (Å²) in [6.07, 6.45) is 4.29. The highest BCUT2D eigenvalue weighted by Gasteiger charge is 2.04. The second-order valence-electron chi connectivity index (χ2n) is 4.41. The standard InChI is InChI=1S/C15H18FN3O/c1-2-7-17-8-13-9-18-10-15(19-13)20-11-12-5-3-4-6-14(12)16/h3-6,9-10,17H,2,7-8,11H2,1H3. The SMILES string of the molecule is CCCNCc1cncc(OCc2ccccc2F)n1. The largest absolute Gasteiger partial charge is 0.472 e. The first-order valence-corrected chi connectivity index (χ1v) is 6.67. The van der Waals surface area contributed by atoms with E-state index in [-0.39, 0.29) is 12.4 Å². The van der Waals surface area contributed by atoms with E-state index < -0.39 is 0 Å². The maximum Gasteiger partial charge on any atom is 0.232 e. The zero-order chi connectivity index (χ0) is 14.2. The lowest BCUT2D eigenvalue weighted by molar-refractivity contribution is 0.285. The molecule has 0 atom stereocenters. The fourth-order valence-corrected chi connectivity index (χ4v) is 1.70. The molecule has 0 bridgehead atoms. The van der Waals surface area contributed by atoms with Crippen molar-refractivity contribution in [3.63, 3.8) is 0 Å². The second kappa shape index (κ2) is 7.55. The summed E-state index contributed by atoms with van der Waals surface area (Å²) in [5, 5.41) is 3.24. The molecule has 0 radical (unpaired) electrons. The third kappa shape index (κ3) is 4.28. The molecule has 0 aliphatic heterocycles. The van der Waals surface area contributed by atoms with Crippen LogP contribution in [0.25, 0.3) is 0 Å². The van der Waals surface area contributed by atoms with Gasteiger partial charge in [0.1, 0.15) is 12.4 Å². The predicted octanol–water partition coefficient (Wildman–Crippen LogP) is 2.69. The minimum absolute atomic E-state index is 0.146. The van der Waals surface area contributed by atoms with E-state index in [2.05, 4.69) is 22.2 Å². The molecule has 20 heavy (non-hydrogen) atoms. The minimum atomic E-state index is -0.277. The third-order valence-corrected chi connectivity index (χ3v) is 2.73. The Labute approximate surface area is 118 Å². The van der Waals surface area contributed by atoms with Crippen molar-refractivity contribution in [2.75, 3.05) is 6.54 Å². The first-order chi connectivity index (χ1) is 9.79. The number of ether oxygens (including phenoxy) is 1. The Balaban J connectivity index is 1.93. The van der Waals surface area contributed by atoms with Gasteiger partial charge in [0.2, 0.25) is 5.88 Å². The van der Waals surface area contributed by atoms with Gasteiger partial charge in [-0.1, -0.05) is 25.1 Å². The van der Waals surface area contributed by atoms with Gasteiger partial charge in [-0.05, 0) is 19.0 Å². The fraction of sp³-hybridized carbons (Fsp3) is 0.333. The zero-order valence-electron chi connectivity index (χ0n) is 11.5. The van der Waals surface area contributed by atoms with Gasteiger partial charge in [0.25, 0.3) is 0 Å². The van der Waals surface area contributed by atoms with Crippen molar-refractivity contribution in [1.29, 1.82) is 0 Å². The number of nitrogens with zero attached hydrogens (tertiary/aromatic N) is 2. The highest BCUT2D eigenvalue weighted by molar-refractivity contribution is 5.17. The smallest absolute Gasteiger partial charge is 0.232 e. The molecule has 0 aliphatic rings. The number of nitrogens with one attached hydrogen (secondary N) is 1. The number of rotatable bonds is 7. The zero-order valence-corrected chi connectivity index (χ0v) is 11.5. The van der Waals surface area contributed by atoms with E-state index in [4.69, 9.17) is 4.74 Å². The molecule has 2 aromatic rings. The van der Waals surface area contributed by atoms with Crippen LogP contribution >= 0.6 is 0 Å². The average Bonchev–Trinajstić information content (AvgIpc) is 2.47. The quantitative estimate of drug-likeness (QED) is 0.789. The van der Waals surface area contributed by atoms with Gasteiger partial charge in [0.15, 0.2) is 0 Å². The molecule has 1 aromatic carbocycles. The summed E-state index contributed by atoms with van der Waals surface area (Å²) in [5.41, 5.74) is 1.31. The highest BCUT2D eigenvalue weighted by Crippen LogP contribution is 2.11. The van der Waals surface area contributed by atoms with Crippen LogP contribution in [0.2, 0.25) is 0 Å². The lowest BCUT2D eigenvalue weighted by Crippen LogP contribution is -2.15. The topological polar surface area (TPSA) is 47.0 Å². The van der Waals surface area contributed by atoms with Crippen molar-refractivity contribution in [3.8, 4) is 5.88 Å². The van der Waals surface area contributed by atoms with Crippen LogP contribution in [0, 0.1) is 5.82 Å². The van der Waals surface area contributed by atoms with E-state index >= 15 is 0 Å². The molecule has 0 saturated heterocycles. The molecule has 1 aromatic heterocycles. The van der Waals surface area contributed by atoms with Crippen LogP contribution in [-0.2, 0) is 13.2 Å². The summed E-state index contributed by atoms with van der Waals surface area (Å²) >= 11 is 0. The molecule has 4 nitrogen and oxygen atoms in total. The van der Waals surface area contributed by atoms with Crippen molar-refractivity contribution in [3.05, 3.63) is 53.7 Å². The molecule has 0 aliphatic carbocycles. The van der Waals surface area contributed by atoms with Crippen LogP contribution in [0.1, 0.15) is 24.6 Å². The van der Waals surface area contributed by atoms with Crippen molar-refractivity contribution in [2.45, 2.75) is 26.5 Å². The molecule has 0 amide bonds. The second-order valence-corrected chi connectivity index (χ2v) is 4.41. The Morgan fingerprint density at radius 2 is 2.10 bits per heavy atom. The molecular formula is C15H18FN3O. The van der Waals surface area contributed by atoms with E-state index in [0.29, 0.717) is 18.0 Å². The Morgan fingerprint density at radius 1 is 1.25 bits per heavy atom. The average molecular weight is 275 g/mol. The van der Waals surface area contributed by atoms with Gasteiger partial charge in [-0.2, -0.15) is 0 Å². The summed E-state index contributed by atoms with van der Waals surface area (Å²) in [7, 11) is 0. The monoisotopic (exact) mass is 275 g/mol. The van der Waals surface area contributed by atoms with Crippen molar-refractivity contribution in [2.24, 2.45) is 0 Å². The summed E-state index contributed by atoms with van der Waals surface area (Å²) < 4.78 is 18.9. The maximum absolute atomic E-state index is 13.5. The number of halogens is 1. The Kier molecular flexibility index (Phi) is 5.43. The highest BCUT2D eigenvalue weighted by atomic mass is 19.1. The van der Waals surface area contributed by atoms with Crippen LogP contribution in [-0.4, -0.2) is 16.5 Å². The van der Waals surface area contributed by atoms with Crippen molar-refractivity contribution < 1.29 is 9.13 Å². The normalized spacial score (nSPS) is 10.5. The lowest BCUT2D eigenvalue weighted by Gasteiger charge is -2.07. The van der Waals surface area contributed by atoms with Gasteiger partial charge in [0, 0.05) is 18.3 Å². The number of benzene rings is 1. The molecule has 2 rings (SSSR count). The Bertz CT molecular complexity index is 548. The van der Waals surface area contributed by atoms with Gasteiger partial charge in [0.05, 0.1) is 11.9 Å². The minimum Gasteiger partial charge on any atom is -0.472 e. The lowest BCUT2D eigenvalue weighted by atomic mass is 10.2. The van der Waals surface area contributed by atoms with Crippen LogP contribution < -0.4 is 10.1 Å². The molecule has 5 heteroatoms. The third-order valence-electron chi connectivity index (χ3n) is 2.73. The summed E-state index contributed by atoms with van der Waals surface area (Å²) in [4.78, 5) is 8.40. The van der Waals surface area contributed by atoms with Gasteiger partial charge >= 0.3 is 0 Å². The van der Waals surface area contributed by atoms with Crippen LogP contribution in [0.15, 0.2) is 36.7 Å². The number of aromatic nitrogens is 2. The van der Waals surface area contributed by atoms with Gasteiger partial charge < -0.3 is 10.1 Å². The number of hydrogen-bond donors (Lipinski definition) is 1. The Hall–Kier alpha value is -2.01. The Morgan fingerprint density at radius 3 is 2.90 bits per heavy atom. The molecule has 0 saturated carbocycles. The van der Waals surface area contributed by atoms with E-state index in [1.54, 1.807) is 24.4 Å². The van der Waals surface area contributed by atoms with Gasteiger partial charge in [-0.3, -0.25) is 4.98 Å². The van der Waals surface area contributed by atoms with Crippen molar-refractivity contribution >= 4 is 0 Å². The predicted molar refractivity (Wildman–Crippen MR) is 74.8 cm³/mol. The molecule has 0 spiro atoms. The van der Waals surface area contributed by atoms with Gasteiger partial charge in [-0.15, -0.1) is 0 Å². The first-order valence-electron chi connectivity index (χ1n) is 6.67. The summed E-state index contributed by atoms with van der Waals surface area (Å²) in [6.45, 7) is 3.83. The molecule has 106 valence electrons. The molecule has 1 N–H and O–H groups in total. The maximum atomic E-state index is 13.5. The molecule has 0 unspecified atom stereocenters. The van der Waals surface area contributed by atoms with Crippen molar-refractivity contribution in [1.82, 2.24) is 15.3 Å². The van der Waals surface area contributed by atoms with Crippen LogP contribution in [0.3, 0.4) is 0 Å². The fourth-order valence-electron chi connectivity index (χ4n) is 1.70.